The van der Waals surface area contributed by atoms with Gasteiger partial charge >= 0.3 is 0 Å². The van der Waals surface area contributed by atoms with Crippen LogP contribution in [-0.4, -0.2) is 31.2 Å². The summed E-state index contributed by atoms with van der Waals surface area (Å²) < 4.78 is 17.6. The molecule has 86 valence electrons. The summed E-state index contributed by atoms with van der Waals surface area (Å²) in [4.78, 5) is 0. The molecule has 2 heterocycles. The van der Waals surface area contributed by atoms with E-state index in [1.165, 1.54) is 0 Å². The molecule has 2 fully saturated rings. The second-order valence-corrected chi connectivity index (χ2v) is 5.10. The SMILES string of the molecule is C1=CC2(OCCO2)C2C=CC3(CCCO3)C12. The van der Waals surface area contributed by atoms with Crippen molar-refractivity contribution in [2.24, 2.45) is 11.8 Å². The number of rotatable bonds is 0. The first-order valence-corrected chi connectivity index (χ1v) is 6.15. The van der Waals surface area contributed by atoms with Crippen LogP contribution >= 0.6 is 0 Å². The van der Waals surface area contributed by atoms with Gasteiger partial charge in [-0.1, -0.05) is 18.2 Å². The molecule has 3 nitrogen and oxygen atoms in total. The van der Waals surface area contributed by atoms with E-state index in [-0.39, 0.29) is 5.60 Å². The molecule has 3 atom stereocenters. The summed E-state index contributed by atoms with van der Waals surface area (Å²) >= 11 is 0. The minimum atomic E-state index is -0.476. The molecule has 16 heavy (non-hydrogen) atoms. The van der Waals surface area contributed by atoms with Crippen molar-refractivity contribution in [3.63, 3.8) is 0 Å². The average Bonchev–Trinajstić information content (AvgIpc) is 3.02. The van der Waals surface area contributed by atoms with E-state index in [1.54, 1.807) is 0 Å². The van der Waals surface area contributed by atoms with Gasteiger partial charge in [-0.25, -0.2) is 0 Å². The molecule has 3 unspecified atom stereocenters. The Morgan fingerprint density at radius 1 is 0.875 bits per heavy atom. The molecule has 4 rings (SSSR count). The summed E-state index contributed by atoms with van der Waals surface area (Å²) in [6.45, 7) is 2.29. The molecule has 2 aliphatic heterocycles. The van der Waals surface area contributed by atoms with Crippen LogP contribution in [-0.2, 0) is 14.2 Å². The Morgan fingerprint density at radius 2 is 1.69 bits per heavy atom. The predicted octanol–water partition coefficient (Wildman–Crippen LogP) is 1.65. The van der Waals surface area contributed by atoms with Gasteiger partial charge in [-0.15, -0.1) is 0 Å². The second kappa shape index (κ2) is 2.97. The van der Waals surface area contributed by atoms with Crippen LogP contribution in [0.25, 0.3) is 0 Å². The summed E-state index contributed by atoms with van der Waals surface area (Å²) in [6.07, 6.45) is 11.1. The van der Waals surface area contributed by atoms with Crippen molar-refractivity contribution >= 4 is 0 Å². The Morgan fingerprint density at radius 3 is 2.44 bits per heavy atom. The Balaban J connectivity index is 1.70. The minimum Gasteiger partial charge on any atom is -0.370 e. The van der Waals surface area contributed by atoms with Crippen molar-refractivity contribution in [2.75, 3.05) is 19.8 Å². The van der Waals surface area contributed by atoms with E-state index in [0.717, 1.165) is 19.4 Å². The van der Waals surface area contributed by atoms with Crippen LogP contribution in [0.3, 0.4) is 0 Å². The van der Waals surface area contributed by atoms with E-state index in [9.17, 15) is 0 Å². The number of hydrogen-bond acceptors (Lipinski definition) is 3. The molecule has 4 aliphatic rings. The third-order valence-electron chi connectivity index (χ3n) is 4.36. The maximum Gasteiger partial charge on any atom is 0.195 e. The predicted molar refractivity (Wildman–Crippen MR) is 57.8 cm³/mol. The molecule has 0 saturated carbocycles. The molecule has 0 aromatic rings. The molecule has 2 spiro atoms. The summed E-state index contributed by atoms with van der Waals surface area (Å²) in [7, 11) is 0. The van der Waals surface area contributed by atoms with Crippen LogP contribution in [0.2, 0.25) is 0 Å². The third kappa shape index (κ3) is 0.992. The van der Waals surface area contributed by atoms with Crippen LogP contribution in [0.15, 0.2) is 24.3 Å². The van der Waals surface area contributed by atoms with Crippen LogP contribution in [0.4, 0.5) is 0 Å². The lowest BCUT2D eigenvalue weighted by molar-refractivity contribution is -0.152. The molecule has 2 saturated heterocycles. The lowest BCUT2D eigenvalue weighted by Crippen LogP contribution is -2.40. The van der Waals surface area contributed by atoms with Gasteiger partial charge in [0, 0.05) is 18.4 Å². The van der Waals surface area contributed by atoms with Crippen molar-refractivity contribution in [1.82, 2.24) is 0 Å². The minimum absolute atomic E-state index is 0.0556. The lowest BCUT2D eigenvalue weighted by atomic mass is 9.84. The van der Waals surface area contributed by atoms with Gasteiger partial charge in [-0.3, -0.25) is 0 Å². The molecular formula is C13H16O3. The molecule has 0 aromatic heterocycles. The maximum atomic E-state index is 5.97. The Labute approximate surface area is 95.1 Å². The fourth-order valence-corrected chi connectivity index (χ4v) is 3.63. The number of hydrogen-bond donors (Lipinski definition) is 0. The fraction of sp³-hybridized carbons (Fsp3) is 0.692. The molecule has 2 aliphatic carbocycles. The first-order chi connectivity index (χ1) is 7.85. The van der Waals surface area contributed by atoms with Gasteiger partial charge in [0.1, 0.15) is 0 Å². The Bertz CT molecular complexity index is 323. The zero-order valence-electron chi connectivity index (χ0n) is 9.22. The van der Waals surface area contributed by atoms with E-state index >= 15 is 0 Å². The first kappa shape index (κ1) is 9.40. The zero-order valence-corrected chi connectivity index (χ0v) is 9.22. The Hall–Kier alpha value is -0.640. The molecular weight excluding hydrogens is 204 g/mol. The van der Waals surface area contributed by atoms with E-state index in [0.29, 0.717) is 25.0 Å². The Kier molecular flexibility index (Phi) is 1.75. The monoisotopic (exact) mass is 220 g/mol. The van der Waals surface area contributed by atoms with Crippen LogP contribution in [0.1, 0.15) is 12.8 Å². The van der Waals surface area contributed by atoms with E-state index in [2.05, 4.69) is 24.3 Å². The maximum absolute atomic E-state index is 5.97. The van der Waals surface area contributed by atoms with Crippen molar-refractivity contribution in [2.45, 2.75) is 24.2 Å². The van der Waals surface area contributed by atoms with Gasteiger partial charge in [0.15, 0.2) is 5.79 Å². The van der Waals surface area contributed by atoms with Crippen LogP contribution in [0.5, 0.6) is 0 Å². The molecule has 0 N–H and O–H groups in total. The highest BCUT2D eigenvalue weighted by Crippen LogP contribution is 2.53. The second-order valence-electron chi connectivity index (χ2n) is 5.10. The van der Waals surface area contributed by atoms with Crippen LogP contribution < -0.4 is 0 Å². The zero-order chi connectivity index (χ0) is 10.6. The van der Waals surface area contributed by atoms with Gasteiger partial charge in [0.2, 0.25) is 0 Å². The molecule has 0 amide bonds. The highest BCUT2D eigenvalue weighted by Gasteiger charge is 2.58. The van der Waals surface area contributed by atoms with E-state index in [4.69, 9.17) is 14.2 Å². The average molecular weight is 220 g/mol. The first-order valence-electron chi connectivity index (χ1n) is 6.15. The van der Waals surface area contributed by atoms with Gasteiger partial charge < -0.3 is 14.2 Å². The molecule has 0 radical (unpaired) electrons. The summed E-state index contributed by atoms with van der Waals surface area (Å²) in [5.74, 6) is 0.248. The lowest BCUT2D eigenvalue weighted by Gasteiger charge is -2.32. The standard InChI is InChI=1S/C13H16O3/c1-4-12(14-7-1)5-2-11-10(12)3-6-13(11)15-8-9-16-13/h2-3,5-6,10-11H,1,4,7-9H2. The highest BCUT2D eigenvalue weighted by molar-refractivity contribution is 5.32. The number of fused-ring (bicyclic) bond motifs is 3. The van der Waals surface area contributed by atoms with Gasteiger partial charge in [-0.2, -0.15) is 0 Å². The highest BCUT2D eigenvalue weighted by atomic mass is 16.7. The van der Waals surface area contributed by atoms with E-state index < -0.39 is 5.79 Å². The van der Waals surface area contributed by atoms with Crippen molar-refractivity contribution < 1.29 is 14.2 Å². The van der Waals surface area contributed by atoms with Crippen molar-refractivity contribution in [3.8, 4) is 0 Å². The third-order valence-corrected chi connectivity index (χ3v) is 4.36. The van der Waals surface area contributed by atoms with Gasteiger partial charge in [0.05, 0.1) is 18.8 Å². The summed E-state index contributed by atoms with van der Waals surface area (Å²) in [5, 5.41) is 0. The van der Waals surface area contributed by atoms with E-state index in [1.807, 2.05) is 0 Å². The smallest absolute Gasteiger partial charge is 0.195 e. The normalized spacial score (nSPS) is 47.5. The van der Waals surface area contributed by atoms with Crippen molar-refractivity contribution in [1.29, 1.82) is 0 Å². The largest absolute Gasteiger partial charge is 0.370 e. The molecule has 0 aromatic carbocycles. The topological polar surface area (TPSA) is 27.7 Å². The van der Waals surface area contributed by atoms with Gasteiger partial charge in [0.25, 0.3) is 0 Å². The fourth-order valence-electron chi connectivity index (χ4n) is 3.63. The molecule has 3 heteroatoms. The van der Waals surface area contributed by atoms with Gasteiger partial charge in [-0.05, 0) is 18.9 Å². The van der Waals surface area contributed by atoms with Crippen molar-refractivity contribution in [3.05, 3.63) is 24.3 Å². The van der Waals surface area contributed by atoms with Crippen LogP contribution in [0, 0.1) is 11.8 Å². The quantitative estimate of drug-likeness (QED) is 0.581. The summed E-state index contributed by atoms with van der Waals surface area (Å²) in [6, 6.07) is 0. The number of ether oxygens (including phenoxy) is 3. The molecule has 0 bridgehead atoms. The summed E-state index contributed by atoms with van der Waals surface area (Å²) in [5.41, 5.74) is -0.0556.